The molecule has 0 spiro atoms. The number of amides is 1. The van der Waals surface area contributed by atoms with E-state index in [-0.39, 0.29) is 11.9 Å². The van der Waals surface area contributed by atoms with Crippen LogP contribution in [-0.2, 0) is 0 Å². The van der Waals surface area contributed by atoms with E-state index in [4.69, 9.17) is 0 Å². The molecule has 3 heterocycles. The summed E-state index contributed by atoms with van der Waals surface area (Å²) >= 11 is 0. The standard InChI is InChI=1S/C22H26N6O2/c1-14-8-15(2)10-16(9-14)19-18(12-27(26-19)13-22(3,4)30)25-21(29)17-11-24-28-7-5-6-23-20(17)28/h5-12,19,26,30H,13H2,1-4H3,(H,25,29). The van der Waals surface area contributed by atoms with Gasteiger partial charge in [-0.2, -0.15) is 5.10 Å². The minimum absolute atomic E-state index is 0.246. The molecule has 0 radical (unpaired) electrons. The third-order valence-corrected chi connectivity index (χ3v) is 4.82. The number of hydrazine groups is 1. The number of rotatable bonds is 5. The van der Waals surface area contributed by atoms with E-state index >= 15 is 0 Å². The molecular formula is C22H26N6O2. The fourth-order valence-electron chi connectivity index (χ4n) is 3.74. The lowest BCUT2D eigenvalue weighted by Crippen LogP contribution is -2.41. The van der Waals surface area contributed by atoms with Crippen molar-refractivity contribution in [3.8, 4) is 0 Å². The number of carbonyl (C=O) groups is 1. The Kier molecular flexibility index (Phi) is 5.05. The van der Waals surface area contributed by atoms with Gasteiger partial charge >= 0.3 is 0 Å². The van der Waals surface area contributed by atoms with Gasteiger partial charge in [0, 0.05) is 18.6 Å². The second-order valence-corrected chi connectivity index (χ2v) is 8.41. The molecule has 1 aromatic carbocycles. The number of benzene rings is 1. The van der Waals surface area contributed by atoms with Gasteiger partial charge < -0.3 is 15.4 Å². The highest BCUT2D eigenvalue weighted by Gasteiger charge is 2.30. The van der Waals surface area contributed by atoms with Crippen LogP contribution in [0.2, 0.25) is 0 Å². The van der Waals surface area contributed by atoms with Crippen LogP contribution in [0.15, 0.2) is 54.8 Å². The lowest BCUT2D eigenvalue weighted by atomic mass is 10.00. The molecule has 1 unspecified atom stereocenters. The van der Waals surface area contributed by atoms with E-state index in [1.807, 2.05) is 25.1 Å². The van der Waals surface area contributed by atoms with Crippen molar-refractivity contribution in [1.82, 2.24) is 30.3 Å². The van der Waals surface area contributed by atoms with Crippen LogP contribution in [0.1, 0.15) is 46.9 Å². The van der Waals surface area contributed by atoms with Crippen LogP contribution < -0.4 is 10.7 Å². The maximum absolute atomic E-state index is 13.0. The van der Waals surface area contributed by atoms with Gasteiger partial charge in [0.25, 0.3) is 5.91 Å². The van der Waals surface area contributed by atoms with E-state index in [2.05, 4.69) is 39.0 Å². The van der Waals surface area contributed by atoms with E-state index in [0.29, 0.717) is 23.5 Å². The maximum atomic E-state index is 13.0. The molecule has 3 N–H and O–H groups in total. The van der Waals surface area contributed by atoms with Crippen molar-refractivity contribution in [2.24, 2.45) is 0 Å². The van der Waals surface area contributed by atoms with E-state index in [9.17, 15) is 9.90 Å². The number of nitrogens with one attached hydrogen (secondary N) is 2. The highest BCUT2D eigenvalue weighted by molar-refractivity contribution is 6.00. The van der Waals surface area contributed by atoms with Crippen molar-refractivity contribution < 1.29 is 9.90 Å². The smallest absolute Gasteiger partial charge is 0.261 e. The van der Waals surface area contributed by atoms with Gasteiger partial charge in [-0.1, -0.05) is 29.3 Å². The molecule has 0 saturated carbocycles. The monoisotopic (exact) mass is 406 g/mol. The van der Waals surface area contributed by atoms with Crippen molar-refractivity contribution >= 4 is 11.6 Å². The Morgan fingerprint density at radius 1 is 1.27 bits per heavy atom. The minimum atomic E-state index is -0.900. The van der Waals surface area contributed by atoms with Gasteiger partial charge in [-0.25, -0.2) is 14.9 Å². The Hall–Kier alpha value is -3.23. The number of hydrogen-bond acceptors (Lipinski definition) is 6. The number of carbonyl (C=O) groups excluding carboxylic acids is 1. The van der Waals surface area contributed by atoms with Crippen LogP contribution in [0.3, 0.4) is 0 Å². The van der Waals surface area contributed by atoms with Crippen LogP contribution in [0.5, 0.6) is 0 Å². The largest absolute Gasteiger partial charge is 0.389 e. The SMILES string of the molecule is Cc1cc(C)cc(C2NN(CC(C)(C)O)C=C2NC(=O)c2cnn3cccnc23)c1. The van der Waals surface area contributed by atoms with Crippen molar-refractivity contribution in [3.63, 3.8) is 0 Å². The van der Waals surface area contributed by atoms with Gasteiger partial charge in [-0.3, -0.25) is 4.79 Å². The van der Waals surface area contributed by atoms with Gasteiger partial charge in [0.2, 0.25) is 0 Å². The second kappa shape index (κ2) is 7.55. The zero-order chi connectivity index (χ0) is 21.5. The molecule has 0 aliphatic carbocycles. The fraction of sp³-hybridized carbons (Fsp3) is 0.318. The number of hydrogen-bond donors (Lipinski definition) is 3. The third-order valence-electron chi connectivity index (χ3n) is 4.82. The highest BCUT2D eigenvalue weighted by Crippen LogP contribution is 2.28. The number of aliphatic hydroxyl groups is 1. The fourth-order valence-corrected chi connectivity index (χ4v) is 3.74. The van der Waals surface area contributed by atoms with Gasteiger partial charge in [0.15, 0.2) is 5.65 Å². The first-order valence-corrected chi connectivity index (χ1v) is 9.84. The van der Waals surface area contributed by atoms with Crippen molar-refractivity contribution in [3.05, 3.63) is 77.0 Å². The number of aromatic nitrogens is 3. The normalized spacial score (nSPS) is 16.8. The van der Waals surface area contributed by atoms with Crippen LogP contribution in [0.25, 0.3) is 5.65 Å². The molecule has 8 heteroatoms. The zero-order valence-electron chi connectivity index (χ0n) is 17.5. The van der Waals surface area contributed by atoms with Crippen molar-refractivity contribution in [2.45, 2.75) is 39.3 Å². The van der Waals surface area contributed by atoms with Gasteiger partial charge in [0.1, 0.15) is 5.56 Å². The molecule has 4 rings (SSSR count). The lowest BCUT2D eigenvalue weighted by molar-refractivity contribution is 0.0377. The molecule has 2 aromatic heterocycles. The highest BCUT2D eigenvalue weighted by atomic mass is 16.3. The number of nitrogens with zero attached hydrogens (tertiary/aromatic N) is 4. The van der Waals surface area contributed by atoms with Crippen molar-refractivity contribution in [2.75, 3.05) is 6.54 Å². The van der Waals surface area contributed by atoms with E-state index < -0.39 is 5.60 Å². The van der Waals surface area contributed by atoms with Gasteiger partial charge in [0.05, 0.1) is 30.1 Å². The Labute approximate surface area is 175 Å². The van der Waals surface area contributed by atoms with Gasteiger partial charge in [-0.05, 0) is 39.3 Å². The Morgan fingerprint density at radius 2 is 2.00 bits per heavy atom. The number of aryl methyl sites for hydroxylation is 2. The summed E-state index contributed by atoms with van der Waals surface area (Å²) in [6.45, 7) is 7.95. The molecule has 156 valence electrons. The summed E-state index contributed by atoms with van der Waals surface area (Å²) in [5.41, 5.74) is 7.41. The topological polar surface area (TPSA) is 94.8 Å². The summed E-state index contributed by atoms with van der Waals surface area (Å²) in [6.07, 6.45) is 6.73. The van der Waals surface area contributed by atoms with Crippen LogP contribution in [0.4, 0.5) is 0 Å². The predicted molar refractivity (Wildman–Crippen MR) is 113 cm³/mol. The molecule has 1 amide bonds. The molecule has 0 saturated heterocycles. The van der Waals surface area contributed by atoms with E-state index in [0.717, 1.165) is 16.7 Å². The summed E-state index contributed by atoms with van der Waals surface area (Å²) in [6, 6.07) is 7.81. The minimum Gasteiger partial charge on any atom is -0.389 e. The molecular weight excluding hydrogens is 380 g/mol. The van der Waals surface area contributed by atoms with Crippen molar-refractivity contribution in [1.29, 1.82) is 0 Å². The lowest BCUT2D eigenvalue weighted by Gasteiger charge is -2.27. The molecule has 3 aromatic rings. The summed E-state index contributed by atoms with van der Waals surface area (Å²) < 4.78 is 1.57. The first-order chi connectivity index (χ1) is 14.2. The van der Waals surface area contributed by atoms with Crippen LogP contribution in [-0.4, -0.2) is 42.8 Å². The first kappa shape index (κ1) is 20.1. The van der Waals surface area contributed by atoms with E-state index in [1.54, 1.807) is 36.8 Å². The Bertz CT molecular complexity index is 1110. The second-order valence-electron chi connectivity index (χ2n) is 8.41. The molecule has 1 atom stereocenters. The summed E-state index contributed by atoms with van der Waals surface area (Å²) in [5, 5.41) is 19.3. The molecule has 0 fully saturated rings. The quantitative estimate of drug-likeness (QED) is 0.602. The average Bonchev–Trinajstić information content (AvgIpc) is 3.23. The molecule has 30 heavy (non-hydrogen) atoms. The molecule has 0 bridgehead atoms. The summed E-state index contributed by atoms with van der Waals surface area (Å²) in [5.74, 6) is -0.281. The van der Waals surface area contributed by atoms with Gasteiger partial charge in [-0.15, -0.1) is 0 Å². The maximum Gasteiger partial charge on any atom is 0.261 e. The van der Waals surface area contributed by atoms with Crippen LogP contribution >= 0.6 is 0 Å². The van der Waals surface area contributed by atoms with E-state index in [1.165, 1.54) is 6.20 Å². The molecule has 1 aliphatic rings. The molecule has 8 nitrogen and oxygen atoms in total. The molecule has 1 aliphatic heterocycles. The average molecular weight is 406 g/mol. The Balaban J connectivity index is 1.65. The zero-order valence-corrected chi connectivity index (χ0v) is 17.5. The summed E-state index contributed by atoms with van der Waals surface area (Å²) in [7, 11) is 0. The number of β-amino-alcohol motifs (C(OH)–C–C–N with tert-alkyl or cyclic N) is 1. The Morgan fingerprint density at radius 3 is 2.70 bits per heavy atom. The third kappa shape index (κ3) is 4.19. The number of fused-ring (bicyclic) bond motifs is 1. The predicted octanol–water partition coefficient (Wildman–Crippen LogP) is 2.25. The van der Waals surface area contributed by atoms with Crippen LogP contribution in [0, 0.1) is 13.8 Å². The first-order valence-electron chi connectivity index (χ1n) is 9.84. The summed E-state index contributed by atoms with van der Waals surface area (Å²) in [4.78, 5) is 17.3.